The van der Waals surface area contributed by atoms with Crippen LogP contribution in [0, 0.1) is 0 Å². The summed E-state index contributed by atoms with van der Waals surface area (Å²) in [6.07, 6.45) is 1.72. The summed E-state index contributed by atoms with van der Waals surface area (Å²) >= 11 is 11.7. The van der Waals surface area contributed by atoms with Crippen molar-refractivity contribution in [2.45, 2.75) is 18.4 Å². The second-order valence-corrected chi connectivity index (χ2v) is 4.22. The van der Waals surface area contributed by atoms with Gasteiger partial charge in [0, 0.05) is 12.0 Å². The molecule has 1 N–H and O–H groups in total. The van der Waals surface area contributed by atoms with Crippen LogP contribution in [-0.4, -0.2) is 12.5 Å². The lowest BCUT2D eigenvalue weighted by molar-refractivity contribution is -0.109. The topological polar surface area (TPSA) is 29.1 Å². The molecule has 2 rings (SSSR count). The minimum absolute atomic E-state index is 0.268. The molecule has 0 unspecified atom stereocenters. The van der Waals surface area contributed by atoms with Crippen LogP contribution < -0.4 is 5.32 Å². The molecule has 1 aliphatic rings. The van der Waals surface area contributed by atoms with Gasteiger partial charge in [-0.2, -0.15) is 0 Å². The van der Waals surface area contributed by atoms with Gasteiger partial charge in [0.2, 0.25) is 6.41 Å². The molecule has 4 heteroatoms. The van der Waals surface area contributed by atoms with Gasteiger partial charge < -0.3 is 5.32 Å². The highest BCUT2D eigenvalue weighted by molar-refractivity contribution is 6.42. The van der Waals surface area contributed by atoms with Crippen LogP contribution in [0.25, 0.3) is 0 Å². The fourth-order valence-electron chi connectivity index (χ4n) is 1.58. The molecule has 2 atom stereocenters. The molecular weight excluding hydrogens is 221 g/mol. The number of nitrogens with one attached hydrogen (secondary N) is 1. The third-order valence-electron chi connectivity index (χ3n) is 2.44. The molecule has 0 saturated heterocycles. The molecule has 0 bridgehead atoms. The number of hydrogen-bond acceptors (Lipinski definition) is 1. The van der Waals surface area contributed by atoms with Crippen molar-refractivity contribution in [3.05, 3.63) is 33.8 Å². The third-order valence-corrected chi connectivity index (χ3v) is 3.18. The Morgan fingerprint density at radius 2 is 2.14 bits per heavy atom. The van der Waals surface area contributed by atoms with Crippen molar-refractivity contribution in [1.82, 2.24) is 5.32 Å². The summed E-state index contributed by atoms with van der Waals surface area (Å²) in [5.41, 5.74) is 1.14. The highest BCUT2D eigenvalue weighted by atomic mass is 35.5. The molecule has 74 valence electrons. The van der Waals surface area contributed by atoms with E-state index in [0.717, 1.165) is 18.4 Å². The summed E-state index contributed by atoms with van der Waals surface area (Å²) in [7, 11) is 0. The van der Waals surface area contributed by atoms with E-state index in [1.807, 2.05) is 12.1 Å². The van der Waals surface area contributed by atoms with Crippen LogP contribution >= 0.6 is 23.2 Å². The van der Waals surface area contributed by atoms with Crippen molar-refractivity contribution < 1.29 is 4.79 Å². The Hall–Kier alpha value is -0.730. The fraction of sp³-hybridized carbons (Fsp3) is 0.300. The first-order valence-corrected chi connectivity index (χ1v) is 5.12. The maximum atomic E-state index is 10.2. The van der Waals surface area contributed by atoms with Crippen molar-refractivity contribution in [2.24, 2.45) is 0 Å². The summed E-state index contributed by atoms with van der Waals surface area (Å²) in [6.45, 7) is 0. The molecule has 14 heavy (non-hydrogen) atoms. The Labute approximate surface area is 92.2 Å². The average molecular weight is 230 g/mol. The van der Waals surface area contributed by atoms with Gasteiger partial charge in [0.25, 0.3) is 0 Å². The van der Waals surface area contributed by atoms with E-state index in [4.69, 9.17) is 23.2 Å². The van der Waals surface area contributed by atoms with E-state index in [9.17, 15) is 4.79 Å². The number of benzene rings is 1. The Kier molecular flexibility index (Phi) is 2.66. The van der Waals surface area contributed by atoms with Crippen LogP contribution in [0.5, 0.6) is 0 Å². The van der Waals surface area contributed by atoms with Gasteiger partial charge in [0.05, 0.1) is 10.0 Å². The van der Waals surface area contributed by atoms with Crippen molar-refractivity contribution in [2.75, 3.05) is 0 Å². The summed E-state index contributed by atoms with van der Waals surface area (Å²) in [4.78, 5) is 10.2. The van der Waals surface area contributed by atoms with Crippen LogP contribution in [-0.2, 0) is 4.79 Å². The number of amides is 1. The molecule has 1 aromatic rings. The van der Waals surface area contributed by atoms with E-state index in [0.29, 0.717) is 16.0 Å². The predicted molar refractivity (Wildman–Crippen MR) is 56.8 cm³/mol. The largest absolute Gasteiger partial charge is 0.355 e. The Morgan fingerprint density at radius 1 is 1.36 bits per heavy atom. The standard InChI is InChI=1S/C10H9Cl2NO/c11-8-2-1-6(3-9(8)12)7-4-10(7)13-5-14/h1-3,5,7,10H,4H2,(H,13,14)/t7-,10+/m0/s1. The second kappa shape index (κ2) is 3.79. The number of carbonyl (C=O) groups excluding carboxylic acids is 1. The van der Waals surface area contributed by atoms with Crippen LogP contribution in [0.1, 0.15) is 17.9 Å². The summed E-state index contributed by atoms with van der Waals surface area (Å²) < 4.78 is 0. The van der Waals surface area contributed by atoms with Gasteiger partial charge in [0.15, 0.2) is 0 Å². The normalized spacial score (nSPS) is 24.4. The number of hydrogen-bond donors (Lipinski definition) is 1. The SMILES string of the molecule is O=CN[C@@H]1C[C@H]1c1ccc(Cl)c(Cl)c1. The van der Waals surface area contributed by atoms with Crippen molar-refractivity contribution >= 4 is 29.6 Å². The molecular formula is C10H9Cl2NO. The van der Waals surface area contributed by atoms with Gasteiger partial charge in [-0.1, -0.05) is 29.3 Å². The third kappa shape index (κ3) is 1.86. The first-order chi connectivity index (χ1) is 6.72. The molecule has 0 aliphatic heterocycles. The van der Waals surface area contributed by atoms with Gasteiger partial charge in [-0.05, 0) is 24.1 Å². The Bertz CT molecular complexity index is 367. The molecule has 1 amide bonds. The number of halogens is 2. The Balaban J connectivity index is 2.12. The van der Waals surface area contributed by atoms with Crippen LogP contribution in [0.2, 0.25) is 10.0 Å². The van der Waals surface area contributed by atoms with Gasteiger partial charge >= 0.3 is 0 Å². The zero-order valence-electron chi connectivity index (χ0n) is 7.34. The quantitative estimate of drug-likeness (QED) is 0.794. The van der Waals surface area contributed by atoms with E-state index in [1.165, 1.54) is 0 Å². The van der Waals surface area contributed by atoms with Crippen LogP contribution in [0.4, 0.5) is 0 Å². The van der Waals surface area contributed by atoms with Gasteiger partial charge in [-0.15, -0.1) is 0 Å². The minimum atomic E-state index is 0.268. The molecule has 0 radical (unpaired) electrons. The summed E-state index contributed by atoms with van der Waals surface area (Å²) in [5, 5.41) is 3.88. The zero-order valence-corrected chi connectivity index (χ0v) is 8.85. The maximum Gasteiger partial charge on any atom is 0.207 e. The first kappa shape index (κ1) is 9.81. The lowest BCUT2D eigenvalue weighted by atomic mass is 10.1. The minimum Gasteiger partial charge on any atom is -0.355 e. The summed E-state index contributed by atoms with van der Waals surface area (Å²) in [6, 6.07) is 5.87. The Morgan fingerprint density at radius 3 is 2.79 bits per heavy atom. The molecule has 1 aliphatic carbocycles. The maximum absolute atomic E-state index is 10.2. The lowest BCUT2D eigenvalue weighted by Gasteiger charge is -2.01. The average Bonchev–Trinajstić information content (AvgIpc) is 2.90. The van der Waals surface area contributed by atoms with Crippen molar-refractivity contribution in [3.8, 4) is 0 Å². The highest BCUT2D eigenvalue weighted by Crippen LogP contribution is 2.42. The molecule has 0 heterocycles. The van der Waals surface area contributed by atoms with Crippen molar-refractivity contribution in [1.29, 1.82) is 0 Å². The second-order valence-electron chi connectivity index (χ2n) is 3.41. The van der Waals surface area contributed by atoms with Crippen LogP contribution in [0.15, 0.2) is 18.2 Å². The number of rotatable bonds is 3. The molecule has 1 fully saturated rings. The molecule has 0 aromatic heterocycles. The number of carbonyl (C=O) groups is 1. The van der Waals surface area contributed by atoms with Crippen LogP contribution in [0.3, 0.4) is 0 Å². The lowest BCUT2D eigenvalue weighted by Crippen LogP contribution is -2.14. The summed E-state index contributed by atoms with van der Waals surface area (Å²) in [5.74, 6) is 0.398. The van der Waals surface area contributed by atoms with E-state index in [2.05, 4.69) is 5.32 Å². The molecule has 1 aromatic carbocycles. The van der Waals surface area contributed by atoms with Gasteiger partial charge in [-0.3, -0.25) is 4.79 Å². The van der Waals surface area contributed by atoms with E-state index < -0.39 is 0 Å². The van der Waals surface area contributed by atoms with E-state index in [-0.39, 0.29) is 6.04 Å². The van der Waals surface area contributed by atoms with Gasteiger partial charge in [0.1, 0.15) is 0 Å². The molecule has 2 nitrogen and oxygen atoms in total. The molecule has 0 spiro atoms. The first-order valence-electron chi connectivity index (χ1n) is 4.37. The van der Waals surface area contributed by atoms with E-state index >= 15 is 0 Å². The van der Waals surface area contributed by atoms with Gasteiger partial charge in [-0.25, -0.2) is 0 Å². The zero-order chi connectivity index (χ0) is 10.1. The van der Waals surface area contributed by atoms with Crippen molar-refractivity contribution in [3.63, 3.8) is 0 Å². The van der Waals surface area contributed by atoms with E-state index in [1.54, 1.807) is 6.07 Å². The smallest absolute Gasteiger partial charge is 0.207 e. The predicted octanol–water partition coefficient (Wildman–Crippen LogP) is 2.60. The monoisotopic (exact) mass is 229 g/mol. The molecule has 1 saturated carbocycles. The fourth-order valence-corrected chi connectivity index (χ4v) is 1.88. The highest BCUT2D eigenvalue weighted by Gasteiger charge is 2.38.